The molecule has 3 aromatic rings. The zero-order chi connectivity index (χ0) is 58.6. The van der Waals surface area contributed by atoms with Crippen LogP contribution in [0.1, 0.15) is 178 Å². The van der Waals surface area contributed by atoms with E-state index in [1.54, 1.807) is 18.7 Å². The van der Waals surface area contributed by atoms with Gasteiger partial charge in [0.25, 0.3) is 0 Å². The van der Waals surface area contributed by atoms with Crippen molar-refractivity contribution in [3.8, 4) is 23.7 Å². The van der Waals surface area contributed by atoms with Crippen molar-refractivity contribution in [2.75, 3.05) is 28.9 Å². The summed E-state index contributed by atoms with van der Waals surface area (Å²) in [6, 6.07) is 3.98. The molecule has 3 amide bonds. The van der Waals surface area contributed by atoms with Crippen molar-refractivity contribution in [3.05, 3.63) is 45.5 Å². The van der Waals surface area contributed by atoms with Gasteiger partial charge in [0.15, 0.2) is 0 Å². The molecule has 3 aliphatic carbocycles. The maximum absolute atomic E-state index is 13.2. The van der Waals surface area contributed by atoms with Gasteiger partial charge < -0.3 is 29.3 Å². The molecule has 3 fully saturated rings. The monoisotopic (exact) mass is 1270 g/mol. The molecule has 0 bridgehead atoms. The van der Waals surface area contributed by atoms with Crippen LogP contribution in [0.2, 0.25) is 0 Å². The molecule has 12 nitrogen and oxygen atoms in total. The smallest absolute Gasteiger partial charge is 0.458 e. The van der Waals surface area contributed by atoms with Crippen LogP contribution in [-0.4, -0.2) is 85.4 Å². The topological polar surface area (TPSA) is 151 Å². The number of nitrogens with zero attached hydrogens (tertiary/aromatic N) is 3. The van der Waals surface area contributed by atoms with Gasteiger partial charge in [-0.15, -0.1) is 34.0 Å². The number of hydrogen-bond acceptors (Lipinski definition) is 11. The Hall–Kier alpha value is -4.65. The van der Waals surface area contributed by atoms with Crippen LogP contribution in [0, 0.1) is 62.1 Å². The molecule has 0 aromatic carbocycles. The number of carboxylic acids is 1. The van der Waals surface area contributed by atoms with Crippen molar-refractivity contribution in [1.29, 1.82) is 0 Å². The molecule has 22 heteroatoms. The number of ether oxygens (including phenoxy) is 2. The Kier molecular flexibility index (Phi) is 24.6. The van der Waals surface area contributed by atoms with Gasteiger partial charge in [0.05, 0.1) is 43.9 Å². The number of carbonyl (C=O) groups is 6. The van der Waals surface area contributed by atoms with Crippen molar-refractivity contribution in [2.24, 2.45) is 35.5 Å². The van der Waals surface area contributed by atoms with Crippen LogP contribution in [-0.2, 0) is 23.9 Å². The lowest BCUT2D eigenvalue weighted by Crippen LogP contribution is -2.42. The molecule has 3 heterocycles. The average Bonchev–Trinajstić information content (AvgIpc) is 4.12. The largest absolute Gasteiger partial charge is 0.477 e. The zero-order valence-electron chi connectivity index (χ0n) is 45.8. The molecule has 3 aromatic heterocycles. The number of halogens is 7. The third kappa shape index (κ3) is 18.7. The maximum atomic E-state index is 13.2. The number of alkyl halides is 6. The first-order chi connectivity index (χ1) is 36.4. The highest BCUT2D eigenvalue weighted by Crippen LogP contribution is 2.40. The summed E-state index contributed by atoms with van der Waals surface area (Å²) in [4.78, 5) is 80.4. The number of carbonyl (C=O) groups excluding carboxylic acids is 5. The van der Waals surface area contributed by atoms with Crippen LogP contribution >= 0.6 is 56.6 Å². The van der Waals surface area contributed by atoms with Crippen molar-refractivity contribution in [2.45, 2.75) is 170 Å². The first kappa shape index (κ1) is 65.9. The molecule has 3 aliphatic rings. The maximum Gasteiger partial charge on any atom is 0.458 e. The number of hydrogen-bond donors (Lipinski definition) is 1. The number of carboxylic acid groups (broad SMARTS) is 1. The second kappa shape index (κ2) is 29.2. The third-order valence-corrected chi connectivity index (χ3v) is 17.7. The van der Waals surface area contributed by atoms with Gasteiger partial charge in [-0.25, -0.2) is 14.4 Å². The highest BCUT2D eigenvalue weighted by Gasteiger charge is 2.37. The van der Waals surface area contributed by atoms with Crippen LogP contribution in [0.5, 0.6) is 0 Å². The van der Waals surface area contributed by atoms with Crippen LogP contribution in [0.15, 0.2) is 18.2 Å². The highest BCUT2D eigenvalue weighted by molar-refractivity contribution is 14.1. The standard InChI is InChI=1S/C20H24F3NO3S.C19H22F3NO3S.C17H24INO3S/c1-12(2)24(18(25)14-7-5-13(3)6-8-14)16-11-15(9-10-20(21,22)23)28-17(16)19(26)27-4;1-11(2)23(17(24)13-6-4-12(3)5-7-13)15-10-14(8-9-19(20,21)22)27-16(15)18(25)26;1-10(2)19(16(20)12-7-5-11(3)6-8-12)13-9-14(18)23-15(13)17(21)22-4/h11-14H,5-8H2,1-4H3;10-13H,4-7H2,1-3H3,(H,25,26);9-12H,5-8H2,1-4H3. The minimum absolute atomic E-state index is 0.00987. The summed E-state index contributed by atoms with van der Waals surface area (Å²) >= 11 is 5.01. The Labute approximate surface area is 479 Å². The Morgan fingerprint density at radius 3 is 1.09 bits per heavy atom. The van der Waals surface area contributed by atoms with E-state index in [2.05, 4.69) is 43.4 Å². The van der Waals surface area contributed by atoms with E-state index in [4.69, 9.17) is 9.47 Å². The fourth-order valence-electron chi connectivity index (χ4n) is 9.74. The average molecular weight is 1270 g/mol. The molecule has 0 spiro atoms. The van der Waals surface area contributed by atoms with Crippen molar-refractivity contribution in [3.63, 3.8) is 0 Å². The Bertz CT molecular complexity index is 2700. The lowest BCUT2D eigenvalue weighted by atomic mass is 9.82. The second-order valence-corrected chi connectivity index (χ2v) is 26.0. The zero-order valence-corrected chi connectivity index (χ0v) is 50.4. The van der Waals surface area contributed by atoms with Crippen molar-refractivity contribution >= 4 is 109 Å². The normalized spacial score (nSPS) is 20.3. The molecule has 0 saturated heterocycles. The van der Waals surface area contributed by atoms with E-state index in [1.165, 1.54) is 53.4 Å². The number of aromatic carboxylic acids is 1. The second-order valence-electron chi connectivity index (χ2n) is 21.0. The minimum Gasteiger partial charge on any atom is -0.477 e. The van der Waals surface area contributed by atoms with E-state index in [9.17, 15) is 60.2 Å². The number of thiophene rings is 3. The number of rotatable bonds is 12. The van der Waals surface area contributed by atoms with Crippen LogP contribution in [0.25, 0.3) is 0 Å². The number of anilines is 3. The predicted molar refractivity (Wildman–Crippen MR) is 302 cm³/mol. The van der Waals surface area contributed by atoms with Gasteiger partial charge in [0, 0.05) is 47.7 Å². The summed E-state index contributed by atoms with van der Waals surface area (Å²) in [6.07, 6.45) is 1.56. The molecule has 430 valence electrons. The summed E-state index contributed by atoms with van der Waals surface area (Å²) in [5, 5.41) is 9.47. The van der Waals surface area contributed by atoms with Gasteiger partial charge in [-0.2, -0.15) is 26.3 Å². The summed E-state index contributed by atoms with van der Waals surface area (Å²) in [5.41, 5.74) is 1.09. The molecule has 0 unspecified atom stereocenters. The van der Waals surface area contributed by atoms with E-state index in [0.29, 0.717) is 39.7 Å². The molecule has 0 radical (unpaired) electrons. The number of esters is 2. The lowest BCUT2D eigenvalue weighted by molar-refractivity contribution is -0.124. The number of amides is 3. The van der Waals surface area contributed by atoms with Crippen molar-refractivity contribution in [1.82, 2.24) is 0 Å². The molecule has 1 N–H and O–H groups in total. The van der Waals surface area contributed by atoms with E-state index in [-0.39, 0.29) is 90.5 Å². The highest BCUT2D eigenvalue weighted by atomic mass is 127. The quantitative estimate of drug-likeness (QED) is 0.0809. The molecular formula is C56H70F6IN3O9S3. The van der Waals surface area contributed by atoms with E-state index >= 15 is 0 Å². The van der Waals surface area contributed by atoms with Gasteiger partial charge in [-0.1, -0.05) is 20.8 Å². The minimum atomic E-state index is -4.67. The van der Waals surface area contributed by atoms with Gasteiger partial charge in [-0.3, -0.25) is 14.4 Å². The van der Waals surface area contributed by atoms with Crippen LogP contribution in [0.3, 0.4) is 0 Å². The third-order valence-electron chi connectivity index (χ3n) is 13.8. The summed E-state index contributed by atoms with van der Waals surface area (Å²) < 4.78 is 85.0. The van der Waals surface area contributed by atoms with E-state index < -0.39 is 24.3 Å². The molecule has 6 rings (SSSR count). The van der Waals surface area contributed by atoms with Crippen LogP contribution < -0.4 is 14.7 Å². The first-order valence-corrected chi connectivity index (χ1v) is 29.6. The van der Waals surface area contributed by atoms with Gasteiger partial charge in [0.2, 0.25) is 17.7 Å². The van der Waals surface area contributed by atoms with Gasteiger partial charge >= 0.3 is 30.3 Å². The summed E-state index contributed by atoms with van der Waals surface area (Å²) in [5.74, 6) is 5.41. The van der Waals surface area contributed by atoms with Crippen LogP contribution in [0.4, 0.5) is 43.4 Å². The lowest BCUT2D eigenvalue weighted by Gasteiger charge is -2.33. The Balaban J connectivity index is 0.000000254. The predicted octanol–water partition coefficient (Wildman–Crippen LogP) is 14.7. The van der Waals surface area contributed by atoms with E-state index in [0.717, 1.165) is 97.2 Å². The fraction of sp³-hybridized carbons (Fsp3) is 0.607. The molecule has 78 heavy (non-hydrogen) atoms. The van der Waals surface area contributed by atoms with Gasteiger partial charge in [0.1, 0.15) is 14.6 Å². The molecule has 3 saturated carbocycles. The Morgan fingerprint density at radius 2 is 0.808 bits per heavy atom. The Morgan fingerprint density at radius 1 is 0.526 bits per heavy atom. The summed E-state index contributed by atoms with van der Waals surface area (Å²) in [7, 11) is 2.57. The fourth-order valence-corrected chi connectivity index (χ4v) is 13.2. The number of methoxy groups -OCH3 is 2. The first-order valence-electron chi connectivity index (χ1n) is 26.0. The SMILES string of the molecule is CC1CCC(C(=O)N(c2cc(C#CC(F)(F)F)sc2C(=O)O)C(C)C)CC1.COC(=O)c1sc(C#CC(F)(F)F)cc1N(C(=O)C1CCC(C)CC1)C(C)C.COC(=O)c1sc(I)cc1N(C(=O)C1CCC(C)CC1)C(C)C. The summed E-state index contributed by atoms with van der Waals surface area (Å²) in [6.45, 7) is 17.7. The van der Waals surface area contributed by atoms with E-state index in [1.807, 2.05) is 45.6 Å². The molecular weight excluding hydrogens is 1200 g/mol. The van der Waals surface area contributed by atoms with Gasteiger partial charge in [-0.05, 0) is 189 Å². The molecule has 0 aliphatic heterocycles. The van der Waals surface area contributed by atoms with Crippen molar-refractivity contribution < 1.29 is 69.7 Å². The molecule has 0 atom stereocenters.